The lowest BCUT2D eigenvalue weighted by Gasteiger charge is -2.15. The van der Waals surface area contributed by atoms with Crippen molar-refractivity contribution in [2.75, 3.05) is 0 Å². The smallest absolute Gasteiger partial charge is 0.335 e. The van der Waals surface area contributed by atoms with Crippen molar-refractivity contribution in [1.82, 2.24) is 4.90 Å². The number of benzene rings is 3. The molecule has 0 atom stereocenters. The van der Waals surface area contributed by atoms with Crippen LogP contribution in [0.4, 0.5) is 4.39 Å². The Bertz CT molecular complexity index is 1090. The molecule has 2 amide bonds. The van der Waals surface area contributed by atoms with Gasteiger partial charge in [-0.1, -0.05) is 24.3 Å². The van der Waals surface area contributed by atoms with Gasteiger partial charge in [0.1, 0.15) is 5.82 Å². The molecule has 0 unspecified atom stereocenters. The summed E-state index contributed by atoms with van der Waals surface area (Å²) in [4.78, 5) is 37.8. The van der Waals surface area contributed by atoms with Gasteiger partial charge in [0.2, 0.25) is 0 Å². The number of rotatable bonds is 4. The molecule has 1 N–H and O–H groups in total. The Labute approximate surface area is 159 Å². The summed E-state index contributed by atoms with van der Waals surface area (Å²) in [6.45, 7) is -0.0539. The van der Waals surface area contributed by atoms with Crippen LogP contribution in [-0.2, 0) is 6.54 Å². The van der Waals surface area contributed by atoms with E-state index in [4.69, 9.17) is 0 Å². The zero-order valence-electron chi connectivity index (χ0n) is 14.6. The summed E-state index contributed by atoms with van der Waals surface area (Å²) in [7, 11) is 0. The number of carboxylic acid groups (broad SMARTS) is 1. The maximum Gasteiger partial charge on any atom is 0.335 e. The second kappa shape index (κ2) is 6.74. The van der Waals surface area contributed by atoms with Crippen LogP contribution in [0, 0.1) is 5.82 Å². The molecule has 1 aliphatic rings. The normalized spacial score (nSPS) is 13.0. The maximum absolute atomic E-state index is 13.2. The molecule has 5 nitrogen and oxygen atoms in total. The Morgan fingerprint density at radius 2 is 1.46 bits per heavy atom. The second-order valence-corrected chi connectivity index (χ2v) is 6.47. The molecule has 0 bridgehead atoms. The fourth-order valence-corrected chi connectivity index (χ4v) is 3.28. The molecule has 4 rings (SSSR count). The number of nitrogens with zero attached hydrogens (tertiary/aromatic N) is 1. The van der Waals surface area contributed by atoms with Gasteiger partial charge in [-0.25, -0.2) is 9.18 Å². The van der Waals surface area contributed by atoms with Crippen LogP contribution in [0.1, 0.15) is 36.6 Å². The van der Waals surface area contributed by atoms with Crippen LogP contribution in [-0.4, -0.2) is 27.8 Å². The van der Waals surface area contributed by atoms with Crippen molar-refractivity contribution in [2.45, 2.75) is 6.54 Å². The Balaban J connectivity index is 1.72. The van der Waals surface area contributed by atoms with E-state index in [1.807, 2.05) is 0 Å². The highest BCUT2D eigenvalue weighted by Gasteiger charge is 2.35. The molecule has 0 spiro atoms. The lowest BCUT2D eigenvalue weighted by Crippen LogP contribution is -2.29. The van der Waals surface area contributed by atoms with Crippen molar-refractivity contribution in [1.29, 1.82) is 0 Å². The molecule has 0 saturated carbocycles. The monoisotopic (exact) mass is 375 g/mol. The third-order valence-electron chi connectivity index (χ3n) is 4.64. The van der Waals surface area contributed by atoms with E-state index in [1.165, 1.54) is 24.3 Å². The lowest BCUT2D eigenvalue weighted by molar-refractivity contribution is 0.0641. The van der Waals surface area contributed by atoms with E-state index in [9.17, 15) is 23.9 Å². The average Bonchev–Trinajstić information content (AvgIpc) is 2.93. The van der Waals surface area contributed by atoms with Gasteiger partial charge in [-0.3, -0.25) is 14.5 Å². The highest BCUT2D eigenvalue weighted by atomic mass is 19.1. The number of hydrogen-bond acceptors (Lipinski definition) is 3. The summed E-state index contributed by atoms with van der Waals surface area (Å²) >= 11 is 0. The number of carboxylic acids is 1. The summed E-state index contributed by atoms with van der Waals surface area (Å²) in [5, 5.41) is 9.42. The Kier molecular flexibility index (Phi) is 4.24. The second-order valence-electron chi connectivity index (χ2n) is 6.47. The van der Waals surface area contributed by atoms with Crippen molar-refractivity contribution in [2.24, 2.45) is 0 Å². The molecular formula is C22H14FNO4. The van der Waals surface area contributed by atoms with Gasteiger partial charge in [0, 0.05) is 0 Å². The van der Waals surface area contributed by atoms with Crippen molar-refractivity contribution < 1.29 is 23.9 Å². The van der Waals surface area contributed by atoms with Crippen LogP contribution >= 0.6 is 0 Å². The third-order valence-corrected chi connectivity index (χ3v) is 4.64. The van der Waals surface area contributed by atoms with Gasteiger partial charge < -0.3 is 5.11 Å². The number of aromatic carboxylic acids is 1. The van der Waals surface area contributed by atoms with Crippen molar-refractivity contribution >= 4 is 17.8 Å². The predicted octanol–water partition coefficient (Wildman–Crippen LogP) is 3.99. The molecule has 0 fully saturated rings. The van der Waals surface area contributed by atoms with Crippen LogP contribution in [0.3, 0.4) is 0 Å². The highest BCUT2D eigenvalue weighted by molar-refractivity contribution is 6.21. The summed E-state index contributed by atoms with van der Waals surface area (Å²) in [6, 6.07) is 16.8. The molecule has 28 heavy (non-hydrogen) atoms. The fraction of sp³-hybridized carbons (Fsp3) is 0.0455. The van der Waals surface area contributed by atoms with Crippen LogP contribution in [0.5, 0.6) is 0 Å². The molecule has 3 aromatic rings. The van der Waals surface area contributed by atoms with E-state index < -0.39 is 23.6 Å². The number of amides is 2. The van der Waals surface area contributed by atoms with E-state index in [-0.39, 0.29) is 12.1 Å². The molecule has 6 heteroatoms. The predicted molar refractivity (Wildman–Crippen MR) is 99.4 cm³/mol. The average molecular weight is 375 g/mol. The summed E-state index contributed by atoms with van der Waals surface area (Å²) in [5.41, 5.74) is 2.38. The minimum Gasteiger partial charge on any atom is -0.478 e. The van der Waals surface area contributed by atoms with Crippen LogP contribution in [0.15, 0.2) is 66.7 Å². The molecule has 0 radical (unpaired) electrons. The first-order valence-electron chi connectivity index (χ1n) is 8.52. The molecule has 0 aromatic heterocycles. The Hall–Kier alpha value is -3.80. The molecule has 138 valence electrons. The van der Waals surface area contributed by atoms with Crippen LogP contribution in [0.2, 0.25) is 0 Å². The molecule has 1 aliphatic heterocycles. The minimum absolute atomic E-state index is 0.0217. The van der Waals surface area contributed by atoms with Gasteiger partial charge in [0.15, 0.2) is 0 Å². The van der Waals surface area contributed by atoms with Crippen molar-refractivity contribution in [3.63, 3.8) is 0 Å². The number of halogens is 1. The van der Waals surface area contributed by atoms with E-state index >= 15 is 0 Å². The van der Waals surface area contributed by atoms with Gasteiger partial charge in [-0.2, -0.15) is 0 Å². The van der Waals surface area contributed by atoms with Crippen molar-refractivity contribution in [3.05, 3.63) is 94.8 Å². The van der Waals surface area contributed by atoms with Gasteiger partial charge in [-0.15, -0.1) is 0 Å². The molecular weight excluding hydrogens is 361 g/mol. The minimum atomic E-state index is -1.13. The zero-order chi connectivity index (χ0) is 19.8. The number of imide groups is 1. The lowest BCUT2D eigenvalue weighted by atomic mass is 9.99. The van der Waals surface area contributed by atoms with E-state index in [0.29, 0.717) is 27.8 Å². The molecule has 0 aliphatic carbocycles. The number of hydrogen-bond donors (Lipinski definition) is 1. The first-order chi connectivity index (χ1) is 13.4. The van der Waals surface area contributed by atoms with Gasteiger partial charge in [-0.05, 0) is 59.2 Å². The van der Waals surface area contributed by atoms with Gasteiger partial charge >= 0.3 is 5.97 Å². The number of fused-ring (bicyclic) bond motifs is 1. The van der Waals surface area contributed by atoms with Crippen LogP contribution < -0.4 is 0 Å². The molecule has 1 heterocycles. The third kappa shape index (κ3) is 3.05. The quantitative estimate of drug-likeness (QED) is 0.700. The van der Waals surface area contributed by atoms with Crippen LogP contribution in [0.25, 0.3) is 11.1 Å². The van der Waals surface area contributed by atoms with E-state index in [1.54, 1.807) is 42.5 Å². The fourth-order valence-electron chi connectivity index (χ4n) is 3.28. The number of carbonyl (C=O) groups excluding carboxylic acids is 2. The zero-order valence-corrected chi connectivity index (χ0v) is 14.6. The topological polar surface area (TPSA) is 74.7 Å². The van der Waals surface area contributed by atoms with Gasteiger partial charge in [0.05, 0.1) is 23.2 Å². The highest BCUT2D eigenvalue weighted by Crippen LogP contribution is 2.27. The van der Waals surface area contributed by atoms with E-state index in [2.05, 4.69) is 0 Å². The number of carbonyl (C=O) groups is 3. The van der Waals surface area contributed by atoms with E-state index in [0.717, 1.165) is 4.90 Å². The van der Waals surface area contributed by atoms with Crippen molar-refractivity contribution in [3.8, 4) is 11.1 Å². The summed E-state index contributed by atoms with van der Waals surface area (Å²) < 4.78 is 13.2. The molecule has 3 aromatic carbocycles. The Morgan fingerprint density at radius 3 is 2.04 bits per heavy atom. The molecule has 0 saturated heterocycles. The SMILES string of the molecule is O=C(O)c1cc(CN2C(=O)c3ccccc3C2=O)cc(-c2ccc(F)cc2)c1. The maximum atomic E-state index is 13.2. The largest absolute Gasteiger partial charge is 0.478 e. The van der Waals surface area contributed by atoms with Gasteiger partial charge in [0.25, 0.3) is 11.8 Å². The summed E-state index contributed by atoms with van der Waals surface area (Å²) in [6.07, 6.45) is 0. The first-order valence-corrected chi connectivity index (χ1v) is 8.52. The summed E-state index contributed by atoms with van der Waals surface area (Å²) in [5.74, 6) is -2.36. The Morgan fingerprint density at radius 1 is 0.857 bits per heavy atom. The first kappa shape index (κ1) is 17.6. The standard InChI is InChI=1S/C22H14FNO4/c23-17-7-5-14(6-8-17)15-9-13(10-16(11-15)22(27)28)12-24-20(25)18-3-1-2-4-19(18)21(24)26/h1-11H,12H2,(H,27,28).